The Morgan fingerprint density at radius 3 is 1.69 bits per heavy atom. The molecule has 2 nitrogen and oxygen atoms in total. The van der Waals surface area contributed by atoms with Crippen molar-refractivity contribution in [1.29, 1.82) is 0 Å². The van der Waals surface area contributed by atoms with Crippen LogP contribution in [0.3, 0.4) is 0 Å². The first-order chi connectivity index (χ1) is 16.6. The molecule has 0 spiro atoms. The molecule has 1 unspecified atom stereocenters. The number of quaternary nitrogens is 1. The number of halogens is 2. The van der Waals surface area contributed by atoms with E-state index in [1.807, 2.05) is 12.1 Å². The molecule has 1 fully saturated rings. The summed E-state index contributed by atoms with van der Waals surface area (Å²) in [6.45, 7) is 9.47. The Balaban J connectivity index is 0.00000612. The number of hydrogen-bond acceptors (Lipinski definition) is 1. The van der Waals surface area contributed by atoms with E-state index in [0.717, 1.165) is 11.0 Å². The monoisotopic (exact) mass is 554 g/mol. The molecule has 4 heteroatoms. The molecule has 1 heterocycles. The summed E-state index contributed by atoms with van der Waals surface area (Å²) in [5.41, 5.74) is 1.26. The van der Waals surface area contributed by atoms with Crippen LogP contribution in [-0.2, 0) is 6.54 Å². The molecule has 204 valence electrons. The van der Waals surface area contributed by atoms with E-state index in [1.54, 1.807) is 12.1 Å². The third-order valence-corrected chi connectivity index (χ3v) is 7.93. The van der Waals surface area contributed by atoms with Gasteiger partial charge in [0.15, 0.2) is 0 Å². The summed E-state index contributed by atoms with van der Waals surface area (Å²) in [5, 5.41) is 0. The molecule has 0 radical (unpaired) electrons. The van der Waals surface area contributed by atoms with Gasteiger partial charge in [-0.25, -0.2) is 4.39 Å². The van der Waals surface area contributed by atoms with Crippen LogP contribution in [0.5, 0.6) is 0 Å². The summed E-state index contributed by atoms with van der Waals surface area (Å²) in [7, 11) is 2.38. The first kappa shape index (κ1) is 32.6. The van der Waals surface area contributed by atoms with E-state index in [-0.39, 0.29) is 22.8 Å². The van der Waals surface area contributed by atoms with Crippen LogP contribution >= 0.6 is 0 Å². The molecule has 0 N–H and O–H groups in total. The number of nitrogens with zero attached hydrogens (tertiary/aromatic N) is 2. The summed E-state index contributed by atoms with van der Waals surface area (Å²) in [4.78, 5) is 2.69. The topological polar surface area (TPSA) is 3.24 Å². The molecule has 0 saturated carbocycles. The lowest BCUT2D eigenvalue weighted by Crippen LogP contribution is -3.00. The highest BCUT2D eigenvalue weighted by molar-refractivity contribution is 5.15. The van der Waals surface area contributed by atoms with Gasteiger partial charge in [-0.1, -0.05) is 115 Å². The molecule has 1 saturated heterocycles. The van der Waals surface area contributed by atoms with Gasteiger partial charge in [-0.3, -0.25) is 4.90 Å². The van der Waals surface area contributed by atoms with Gasteiger partial charge in [0, 0.05) is 25.1 Å². The van der Waals surface area contributed by atoms with Crippen LogP contribution in [0.2, 0.25) is 0 Å². The molecule has 1 aliphatic rings. The first-order valence-electron chi connectivity index (χ1n) is 14.9. The molecular formula is C31H56BrFN2. The fourth-order valence-electron chi connectivity index (χ4n) is 5.58. The molecule has 0 amide bonds. The van der Waals surface area contributed by atoms with Crippen LogP contribution in [0.1, 0.15) is 122 Å². The maximum Gasteiger partial charge on any atom is 0.123 e. The van der Waals surface area contributed by atoms with Crippen LogP contribution in [0.25, 0.3) is 0 Å². The predicted octanol–water partition coefficient (Wildman–Crippen LogP) is 5.74. The minimum Gasteiger partial charge on any atom is -1.00 e. The number of hydrogen-bond donors (Lipinski definition) is 0. The third-order valence-electron chi connectivity index (χ3n) is 7.93. The molecule has 0 bridgehead atoms. The average Bonchev–Trinajstić information content (AvgIpc) is 3.01. The van der Waals surface area contributed by atoms with Crippen molar-refractivity contribution in [2.75, 3.05) is 39.8 Å². The van der Waals surface area contributed by atoms with E-state index in [1.165, 1.54) is 147 Å². The molecule has 1 aromatic rings. The molecule has 0 aliphatic carbocycles. The summed E-state index contributed by atoms with van der Waals surface area (Å²) < 4.78 is 14.3. The zero-order chi connectivity index (χ0) is 24.3. The van der Waals surface area contributed by atoms with Gasteiger partial charge >= 0.3 is 0 Å². The Morgan fingerprint density at radius 2 is 1.17 bits per heavy atom. The lowest BCUT2D eigenvalue weighted by molar-refractivity contribution is -0.920. The fourth-order valence-corrected chi connectivity index (χ4v) is 5.58. The summed E-state index contributed by atoms with van der Waals surface area (Å²) in [6.07, 6.45) is 24.3. The van der Waals surface area contributed by atoms with Crippen LogP contribution in [0.4, 0.5) is 4.39 Å². The molecule has 35 heavy (non-hydrogen) atoms. The van der Waals surface area contributed by atoms with Crippen LogP contribution < -0.4 is 17.0 Å². The minimum atomic E-state index is -0.132. The van der Waals surface area contributed by atoms with E-state index >= 15 is 0 Å². The Morgan fingerprint density at radius 1 is 0.686 bits per heavy atom. The Kier molecular flexibility index (Phi) is 19.2. The number of likely N-dealkylation sites (N-methyl/N-ethyl adjacent to an activating group) is 1. The van der Waals surface area contributed by atoms with E-state index in [4.69, 9.17) is 0 Å². The normalized spacial score (nSPS) is 18.8. The lowest BCUT2D eigenvalue weighted by atomic mass is 10.0. The molecule has 0 aromatic heterocycles. The molecule has 1 aliphatic heterocycles. The highest BCUT2D eigenvalue weighted by atomic mass is 79.9. The van der Waals surface area contributed by atoms with Crippen molar-refractivity contribution in [2.45, 2.75) is 123 Å². The van der Waals surface area contributed by atoms with Crippen molar-refractivity contribution in [3.63, 3.8) is 0 Å². The highest BCUT2D eigenvalue weighted by Crippen LogP contribution is 2.18. The van der Waals surface area contributed by atoms with E-state index in [2.05, 4.69) is 18.9 Å². The van der Waals surface area contributed by atoms with Gasteiger partial charge < -0.3 is 21.5 Å². The quantitative estimate of drug-likeness (QED) is 0.155. The van der Waals surface area contributed by atoms with Gasteiger partial charge in [0.25, 0.3) is 0 Å². The number of unbranched alkanes of at least 4 members (excludes halogenated alkanes) is 15. The SMILES string of the molecule is CCCCCCCCCCCCCCCCCCN1CCC[N+](C)(Cc2ccc(F)cc2)CC1.[Br-]. The van der Waals surface area contributed by atoms with E-state index in [9.17, 15) is 4.39 Å². The minimum absolute atomic E-state index is 0. The van der Waals surface area contributed by atoms with Crippen LogP contribution in [0.15, 0.2) is 24.3 Å². The van der Waals surface area contributed by atoms with Gasteiger partial charge in [-0.05, 0) is 25.1 Å². The van der Waals surface area contributed by atoms with E-state index < -0.39 is 0 Å². The van der Waals surface area contributed by atoms with Crippen molar-refractivity contribution < 1.29 is 25.9 Å². The van der Waals surface area contributed by atoms with Crippen LogP contribution in [0, 0.1) is 5.82 Å². The Labute approximate surface area is 228 Å². The average molecular weight is 556 g/mol. The van der Waals surface area contributed by atoms with Crippen molar-refractivity contribution in [3.8, 4) is 0 Å². The standard InChI is InChI=1S/C31H56FN2.BrH/c1-3-4-5-6-7-8-9-10-11-12-13-14-15-16-17-18-24-33-25-19-27-34(2,28-26-33)29-30-20-22-31(32)23-21-30;/h20-23H,3-19,24-29H2,1-2H3;1H/q+1;/p-1. The van der Waals surface area contributed by atoms with Crippen LogP contribution in [-0.4, -0.2) is 49.2 Å². The van der Waals surface area contributed by atoms with Gasteiger partial charge in [0.2, 0.25) is 0 Å². The summed E-state index contributed by atoms with van der Waals surface area (Å²) in [5.74, 6) is -0.132. The van der Waals surface area contributed by atoms with Crippen molar-refractivity contribution in [1.82, 2.24) is 4.90 Å². The maximum absolute atomic E-state index is 13.2. The number of benzene rings is 1. The zero-order valence-electron chi connectivity index (χ0n) is 23.2. The molecule has 2 rings (SSSR count). The Hall–Kier alpha value is -0.450. The Bertz CT molecular complexity index is 609. The fraction of sp³-hybridized carbons (Fsp3) is 0.806. The largest absolute Gasteiger partial charge is 1.00 e. The molecular weight excluding hydrogens is 499 g/mol. The summed E-state index contributed by atoms with van der Waals surface area (Å²) in [6, 6.07) is 7.11. The van der Waals surface area contributed by atoms with Gasteiger partial charge in [-0.15, -0.1) is 0 Å². The second-order valence-corrected chi connectivity index (χ2v) is 11.3. The molecule has 1 atom stereocenters. The van der Waals surface area contributed by atoms with Crippen molar-refractivity contribution in [3.05, 3.63) is 35.6 Å². The smallest absolute Gasteiger partial charge is 0.123 e. The lowest BCUT2D eigenvalue weighted by Gasteiger charge is -2.33. The number of rotatable bonds is 19. The predicted molar refractivity (Wildman–Crippen MR) is 147 cm³/mol. The van der Waals surface area contributed by atoms with E-state index in [0.29, 0.717) is 0 Å². The van der Waals surface area contributed by atoms with Crippen molar-refractivity contribution in [2.24, 2.45) is 0 Å². The highest BCUT2D eigenvalue weighted by Gasteiger charge is 2.26. The van der Waals surface area contributed by atoms with Gasteiger partial charge in [-0.2, -0.15) is 0 Å². The summed E-state index contributed by atoms with van der Waals surface area (Å²) >= 11 is 0. The third kappa shape index (κ3) is 16.1. The second kappa shape index (κ2) is 20.6. The van der Waals surface area contributed by atoms with Crippen molar-refractivity contribution >= 4 is 0 Å². The molecule has 1 aromatic carbocycles. The zero-order valence-corrected chi connectivity index (χ0v) is 24.8. The maximum atomic E-state index is 13.2. The van der Waals surface area contributed by atoms with Gasteiger partial charge in [0.05, 0.1) is 20.1 Å². The first-order valence-corrected chi connectivity index (χ1v) is 14.9. The van der Waals surface area contributed by atoms with Gasteiger partial charge in [0.1, 0.15) is 12.4 Å². The second-order valence-electron chi connectivity index (χ2n) is 11.3.